The maximum absolute atomic E-state index is 9.69. The second-order valence-electron chi connectivity index (χ2n) is 6.88. The van der Waals surface area contributed by atoms with E-state index in [1.54, 1.807) is 12.1 Å². The number of aliphatic hydroxyl groups excluding tert-OH is 1. The molecule has 1 saturated carbocycles. The average molecular weight is 325 g/mol. The molecule has 0 spiro atoms. The van der Waals surface area contributed by atoms with Gasteiger partial charge in [0, 0.05) is 12.1 Å². The van der Waals surface area contributed by atoms with E-state index in [9.17, 15) is 10.2 Å². The van der Waals surface area contributed by atoms with Crippen LogP contribution >= 0.6 is 0 Å². The van der Waals surface area contributed by atoms with Crippen molar-refractivity contribution in [2.45, 2.75) is 50.1 Å². The van der Waals surface area contributed by atoms with Crippen LogP contribution in [0.2, 0.25) is 0 Å². The van der Waals surface area contributed by atoms with Gasteiger partial charge in [0.1, 0.15) is 5.75 Å². The summed E-state index contributed by atoms with van der Waals surface area (Å²) in [5.41, 5.74) is 2.59. The molecule has 128 valence electrons. The Bertz CT molecular complexity index is 603. The molecule has 0 amide bonds. The Morgan fingerprint density at radius 2 is 1.58 bits per heavy atom. The molecule has 0 radical (unpaired) electrons. The quantitative estimate of drug-likeness (QED) is 0.760. The van der Waals surface area contributed by atoms with E-state index in [0.717, 1.165) is 32.1 Å². The van der Waals surface area contributed by atoms with E-state index in [-0.39, 0.29) is 12.6 Å². The van der Waals surface area contributed by atoms with Crippen molar-refractivity contribution in [3.05, 3.63) is 65.7 Å². The molecular formula is C21H27NO2. The number of hydrogen-bond donors (Lipinski definition) is 3. The van der Waals surface area contributed by atoms with Crippen molar-refractivity contribution in [2.75, 3.05) is 6.61 Å². The zero-order valence-corrected chi connectivity index (χ0v) is 14.1. The molecule has 1 aliphatic carbocycles. The summed E-state index contributed by atoms with van der Waals surface area (Å²) in [4.78, 5) is 0. The lowest BCUT2D eigenvalue weighted by Crippen LogP contribution is -2.43. The molecule has 3 nitrogen and oxygen atoms in total. The first kappa shape index (κ1) is 17.0. The van der Waals surface area contributed by atoms with Gasteiger partial charge in [0.05, 0.1) is 6.61 Å². The zero-order valence-electron chi connectivity index (χ0n) is 14.1. The van der Waals surface area contributed by atoms with Gasteiger partial charge in [-0.05, 0) is 61.3 Å². The highest BCUT2D eigenvalue weighted by molar-refractivity contribution is 5.28. The lowest BCUT2D eigenvalue weighted by atomic mass is 9.81. The van der Waals surface area contributed by atoms with E-state index in [1.165, 1.54) is 11.1 Å². The minimum Gasteiger partial charge on any atom is -0.508 e. The van der Waals surface area contributed by atoms with E-state index in [2.05, 4.69) is 17.4 Å². The Hall–Kier alpha value is -1.84. The molecule has 2 aromatic rings. The Balaban J connectivity index is 1.49. The number of nitrogens with one attached hydrogen (secondary N) is 1. The standard InChI is InChI=1S/C21H27NO2/c23-15-20(14-16-4-2-1-3-5-16)22-19-10-6-17(7-11-19)18-8-12-21(24)13-9-18/h1-5,8-9,12-13,17,19-20,22-24H,6-7,10-11,14-15H2/t17-,19+,20-/m1/s1. The second-order valence-corrected chi connectivity index (χ2v) is 6.88. The predicted molar refractivity (Wildman–Crippen MR) is 97.3 cm³/mol. The third-order valence-corrected chi connectivity index (χ3v) is 5.11. The van der Waals surface area contributed by atoms with Gasteiger partial charge in [-0.2, -0.15) is 0 Å². The summed E-state index contributed by atoms with van der Waals surface area (Å²) in [6.07, 6.45) is 5.46. The predicted octanol–water partition coefficient (Wildman–Crippen LogP) is 3.61. The van der Waals surface area contributed by atoms with Crippen molar-refractivity contribution < 1.29 is 10.2 Å². The van der Waals surface area contributed by atoms with Gasteiger partial charge in [0.2, 0.25) is 0 Å². The van der Waals surface area contributed by atoms with Crippen LogP contribution < -0.4 is 5.32 Å². The number of aromatic hydroxyl groups is 1. The molecule has 24 heavy (non-hydrogen) atoms. The van der Waals surface area contributed by atoms with E-state index >= 15 is 0 Å². The third-order valence-electron chi connectivity index (χ3n) is 5.11. The zero-order chi connectivity index (χ0) is 16.8. The van der Waals surface area contributed by atoms with Gasteiger partial charge in [-0.25, -0.2) is 0 Å². The molecule has 0 heterocycles. The Morgan fingerprint density at radius 1 is 0.917 bits per heavy atom. The highest BCUT2D eigenvalue weighted by atomic mass is 16.3. The Labute approximate surface area is 144 Å². The summed E-state index contributed by atoms with van der Waals surface area (Å²) in [7, 11) is 0. The minimum atomic E-state index is 0.127. The van der Waals surface area contributed by atoms with Gasteiger partial charge in [-0.15, -0.1) is 0 Å². The molecular weight excluding hydrogens is 298 g/mol. The van der Waals surface area contributed by atoms with E-state index in [4.69, 9.17) is 0 Å². The van der Waals surface area contributed by atoms with Crippen LogP contribution in [0.4, 0.5) is 0 Å². The fraction of sp³-hybridized carbons (Fsp3) is 0.429. The lowest BCUT2D eigenvalue weighted by Gasteiger charge is -2.32. The highest BCUT2D eigenvalue weighted by Crippen LogP contribution is 2.33. The number of phenols is 1. The van der Waals surface area contributed by atoms with Crippen LogP contribution in [-0.4, -0.2) is 28.9 Å². The molecule has 0 aromatic heterocycles. The minimum absolute atomic E-state index is 0.127. The number of benzene rings is 2. The lowest BCUT2D eigenvalue weighted by molar-refractivity contribution is 0.214. The molecule has 0 unspecified atom stereocenters. The molecule has 3 N–H and O–H groups in total. The van der Waals surface area contributed by atoms with Crippen LogP contribution in [0.15, 0.2) is 54.6 Å². The Morgan fingerprint density at radius 3 is 2.21 bits per heavy atom. The molecule has 1 aliphatic rings. The summed E-state index contributed by atoms with van der Waals surface area (Å²) in [6, 6.07) is 18.6. The van der Waals surface area contributed by atoms with Crippen molar-refractivity contribution in [1.82, 2.24) is 5.32 Å². The molecule has 3 heteroatoms. The molecule has 1 atom stereocenters. The fourth-order valence-corrected chi connectivity index (χ4v) is 3.75. The van der Waals surface area contributed by atoms with E-state index in [1.807, 2.05) is 30.3 Å². The number of hydrogen-bond acceptors (Lipinski definition) is 3. The number of rotatable bonds is 6. The monoisotopic (exact) mass is 325 g/mol. The van der Waals surface area contributed by atoms with E-state index in [0.29, 0.717) is 17.7 Å². The third kappa shape index (κ3) is 4.59. The normalized spacial score (nSPS) is 22.2. The Kier molecular flexibility index (Phi) is 5.89. The highest BCUT2D eigenvalue weighted by Gasteiger charge is 2.24. The van der Waals surface area contributed by atoms with Gasteiger partial charge in [-0.3, -0.25) is 0 Å². The average Bonchev–Trinajstić information content (AvgIpc) is 2.63. The van der Waals surface area contributed by atoms with Crippen LogP contribution in [0.25, 0.3) is 0 Å². The van der Waals surface area contributed by atoms with Gasteiger partial charge in [-0.1, -0.05) is 42.5 Å². The second kappa shape index (κ2) is 8.32. The van der Waals surface area contributed by atoms with Crippen molar-refractivity contribution in [2.24, 2.45) is 0 Å². The van der Waals surface area contributed by atoms with Crippen LogP contribution in [0, 0.1) is 0 Å². The summed E-state index contributed by atoms with van der Waals surface area (Å²) in [5.74, 6) is 0.922. The first-order chi connectivity index (χ1) is 11.7. The first-order valence-corrected chi connectivity index (χ1v) is 8.94. The van der Waals surface area contributed by atoms with Crippen LogP contribution in [-0.2, 0) is 6.42 Å². The number of aliphatic hydroxyl groups is 1. The van der Waals surface area contributed by atoms with Gasteiger partial charge < -0.3 is 15.5 Å². The molecule has 0 aliphatic heterocycles. The summed E-state index contributed by atoms with van der Waals surface area (Å²) < 4.78 is 0. The largest absolute Gasteiger partial charge is 0.508 e. The van der Waals surface area contributed by atoms with Crippen LogP contribution in [0.3, 0.4) is 0 Å². The van der Waals surface area contributed by atoms with Crippen molar-refractivity contribution in [3.8, 4) is 5.75 Å². The summed E-state index contributed by atoms with van der Waals surface area (Å²) >= 11 is 0. The molecule has 3 rings (SSSR count). The van der Waals surface area contributed by atoms with Crippen molar-refractivity contribution >= 4 is 0 Å². The molecule has 0 saturated heterocycles. The van der Waals surface area contributed by atoms with Crippen LogP contribution in [0.1, 0.15) is 42.7 Å². The first-order valence-electron chi connectivity index (χ1n) is 8.94. The van der Waals surface area contributed by atoms with Gasteiger partial charge in [0.15, 0.2) is 0 Å². The van der Waals surface area contributed by atoms with E-state index < -0.39 is 0 Å². The number of phenolic OH excluding ortho intramolecular Hbond substituents is 1. The summed E-state index contributed by atoms with van der Waals surface area (Å²) in [6.45, 7) is 0.173. The van der Waals surface area contributed by atoms with Crippen molar-refractivity contribution in [1.29, 1.82) is 0 Å². The molecule has 0 bridgehead atoms. The van der Waals surface area contributed by atoms with Crippen LogP contribution in [0.5, 0.6) is 5.75 Å². The van der Waals surface area contributed by atoms with Gasteiger partial charge in [0.25, 0.3) is 0 Å². The smallest absolute Gasteiger partial charge is 0.115 e. The SMILES string of the molecule is OC[C@@H](Cc1ccccc1)N[C@H]1CC[C@@H](c2ccc(O)cc2)CC1. The summed E-state index contributed by atoms with van der Waals surface area (Å²) in [5, 5.41) is 22.7. The maximum atomic E-state index is 9.69. The van der Waals surface area contributed by atoms with Gasteiger partial charge >= 0.3 is 0 Å². The topological polar surface area (TPSA) is 52.5 Å². The fourth-order valence-electron chi connectivity index (χ4n) is 3.75. The molecule has 2 aromatic carbocycles. The maximum Gasteiger partial charge on any atom is 0.115 e. The molecule has 1 fully saturated rings. The van der Waals surface area contributed by atoms with Crippen molar-refractivity contribution in [3.63, 3.8) is 0 Å².